The number of aliphatic carboxylic acids is 1. The summed E-state index contributed by atoms with van der Waals surface area (Å²) in [6, 6.07) is 0. The lowest BCUT2D eigenvalue weighted by Gasteiger charge is -2.20. The second-order valence-corrected chi connectivity index (χ2v) is 6.62. The Labute approximate surface area is 104 Å². The van der Waals surface area contributed by atoms with Crippen LogP contribution >= 0.6 is 0 Å². The molecule has 0 bridgehead atoms. The van der Waals surface area contributed by atoms with Gasteiger partial charge in [-0.3, -0.25) is 4.79 Å². The Balaban J connectivity index is 4.06. The molecule has 0 saturated carbocycles. The van der Waals surface area contributed by atoms with Gasteiger partial charge in [0.05, 0.1) is 5.75 Å². The van der Waals surface area contributed by atoms with Crippen molar-refractivity contribution in [1.29, 1.82) is 0 Å². The highest BCUT2D eigenvalue weighted by molar-refractivity contribution is 7.89. The van der Waals surface area contributed by atoms with E-state index in [-0.39, 0.29) is 18.1 Å². The zero-order valence-corrected chi connectivity index (χ0v) is 11.6. The third-order valence-electron chi connectivity index (χ3n) is 2.89. The van der Waals surface area contributed by atoms with Crippen molar-refractivity contribution in [2.75, 3.05) is 12.3 Å². The number of nitrogens with one attached hydrogen (secondary N) is 1. The van der Waals surface area contributed by atoms with Crippen molar-refractivity contribution in [3.8, 4) is 0 Å². The van der Waals surface area contributed by atoms with Gasteiger partial charge in [-0.1, -0.05) is 13.8 Å². The molecule has 1 atom stereocenters. The van der Waals surface area contributed by atoms with Gasteiger partial charge in [0.25, 0.3) is 0 Å². The monoisotopic (exact) mass is 265 g/mol. The predicted octanol–water partition coefficient (Wildman–Crippen LogP) is 1.45. The van der Waals surface area contributed by atoms with Crippen LogP contribution < -0.4 is 4.72 Å². The Morgan fingerprint density at radius 2 is 1.88 bits per heavy atom. The molecule has 102 valence electrons. The van der Waals surface area contributed by atoms with Crippen LogP contribution in [0, 0.1) is 11.8 Å². The van der Waals surface area contributed by atoms with E-state index in [0.717, 1.165) is 0 Å². The topological polar surface area (TPSA) is 83.5 Å². The van der Waals surface area contributed by atoms with Crippen LogP contribution in [0.2, 0.25) is 0 Å². The molecule has 0 rings (SSSR count). The van der Waals surface area contributed by atoms with Gasteiger partial charge in [-0.15, -0.1) is 0 Å². The van der Waals surface area contributed by atoms with Crippen LogP contribution in [0.15, 0.2) is 0 Å². The van der Waals surface area contributed by atoms with Crippen molar-refractivity contribution >= 4 is 16.0 Å². The van der Waals surface area contributed by atoms with E-state index in [9.17, 15) is 13.2 Å². The first-order chi connectivity index (χ1) is 7.78. The molecule has 1 unspecified atom stereocenters. The molecule has 0 aromatic carbocycles. The summed E-state index contributed by atoms with van der Waals surface area (Å²) in [6.07, 6.45) is 1.43. The Morgan fingerprint density at radius 3 is 2.29 bits per heavy atom. The van der Waals surface area contributed by atoms with E-state index in [2.05, 4.69) is 4.72 Å². The number of hydrogen-bond donors (Lipinski definition) is 2. The molecule has 0 spiro atoms. The van der Waals surface area contributed by atoms with E-state index in [1.165, 1.54) is 0 Å². The summed E-state index contributed by atoms with van der Waals surface area (Å²) in [7, 11) is -3.14. The molecule has 0 radical (unpaired) electrons. The quantitative estimate of drug-likeness (QED) is 0.661. The van der Waals surface area contributed by atoms with Crippen molar-refractivity contribution in [3.05, 3.63) is 0 Å². The molecule has 6 heteroatoms. The molecule has 0 fully saturated rings. The minimum atomic E-state index is -3.14. The smallest absolute Gasteiger partial charge is 0.303 e. The van der Waals surface area contributed by atoms with Gasteiger partial charge in [0.2, 0.25) is 10.0 Å². The van der Waals surface area contributed by atoms with E-state index < -0.39 is 16.0 Å². The summed E-state index contributed by atoms with van der Waals surface area (Å²) >= 11 is 0. The van der Waals surface area contributed by atoms with Gasteiger partial charge < -0.3 is 5.11 Å². The van der Waals surface area contributed by atoms with Gasteiger partial charge in [0, 0.05) is 13.0 Å². The highest BCUT2D eigenvalue weighted by Crippen LogP contribution is 2.20. The molecular weight excluding hydrogens is 242 g/mol. The average molecular weight is 265 g/mol. The van der Waals surface area contributed by atoms with Crippen LogP contribution in [0.5, 0.6) is 0 Å². The van der Waals surface area contributed by atoms with Gasteiger partial charge >= 0.3 is 5.97 Å². The van der Waals surface area contributed by atoms with E-state index in [0.29, 0.717) is 25.3 Å². The van der Waals surface area contributed by atoms with Crippen molar-refractivity contribution < 1.29 is 18.3 Å². The normalized spacial score (nSPS) is 13.9. The number of carboxylic acids is 1. The van der Waals surface area contributed by atoms with Gasteiger partial charge in [-0.25, -0.2) is 13.1 Å². The first-order valence-electron chi connectivity index (χ1n) is 5.97. The summed E-state index contributed by atoms with van der Waals surface area (Å²) in [5.74, 6) is -0.120. The largest absolute Gasteiger partial charge is 0.481 e. The molecule has 0 aliphatic carbocycles. The second-order valence-electron chi connectivity index (χ2n) is 4.52. The summed E-state index contributed by atoms with van der Waals surface area (Å²) < 4.78 is 24.9. The molecule has 0 amide bonds. The molecular formula is C11H23NO4S. The fourth-order valence-electron chi connectivity index (χ4n) is 1.62. The van der Waals surface area contributed by atoms with E-state index >= 15 is 0 Å². The third-order valence-corrected chi connectivity index (χ3v) is 4.29. The van der Waals surface area contributed by atoms with Gasteiger partial charge in [0.1, 0.15) is 0 Å². The first kappa shape index (κ1) is 16.4. The molecule has 0 aliphatic rings. The van der Waals surface area contributed by atoms with Crippen LogP contribution in [0.4, 0.5) is 0 Å². The number of carbonyl (C=O) groups is 1. The van der Waals surface area contributed by atoms with Crippen molar-refractivity contribution in [1.82, 2.24) is 4.72 Å². The van der Waals surface area contributed by atoms with E-state index in [1.807, 2.05) is 13.8 Å². The summed E-state index contributed by atoms with van der Waals surface area (Å²) in [6.45, 7) is 6.03. The molecule has 5 nitrogen and oxygen atoms in total. The van der Waals surface area contributed by atoms with Crippen molar-refractivity contribution in [2.45, 2.75) is 40.0 Å². The van der Waals surface area contributed by atoms with Crippen LogP contribution in [0.25, 0.3) is 0 Å². The molecule has 0 aromatic rings. The van der Waals surface area contributed by atoms with Crippen molar-refractivity contribution in [3.63, 3.8) is 0 Å². The maximum Gasteiger partial charge on any atom is 0.303 e. The molecule has 0 saturated heterocycles. The lowest BCUT2D eigenvalue weighted by Crippen LogP contribution is -2.28. The highest BCUT2D eigenvalue weighted by Gasteiger charge is 2.16. The van der Waals surface area contributed by atoms with Crippen LogP contribution in [0.3, 0.4) is 0 Å². The second kappa shape index (κ2) is 7.66. The lowest BCUT2D eigenvalue weighted by atomic mass is 9.88. The summed E-state index contributed by atoms with van der Waals surface area (Å²) in [5.41, 5.74) is 0. The van der Waals surface area contributed by atoms with Crippen LogP contribution in [-0.2, 0) is 14.8 Å². The summed E-state index contributed by atoms with van der Waals surface area (Å²) in [5, 5.41) is 8.63. The fraction of sp³-hybridized carbons (Fsp3) is 0.909. The molecule has 0 aliphatic heterocycles. The minimum Gasteiger partial charge on any atom is -0.481 e. The molecule has 0 heterocycles. The maximum atomic E-state index is 11.2. The number of rotatable bonds is 9. The fourth-order valence-corrected chi connectivity index (χ4v) is 2.25. The van der Waals surface area contributed by atoms with E-state index in [4.69, 9.17) is 5.11 Å². The number of sulfonamides is 1. The Kier molecular flexibility index (Phi) is 7.38. The number of carboxylic acid groups (broad SMARTS) is 1. The highest BCUT2D eigenvalue weighted by atomic mass is 32.2. The average Bonchev–Trinajstić information content (AvgIpc) is 2.22. The van der Waals surface area contributed by atoms with Gasteiger partial charge in [-0.2, -0.15) is 0 Å². The molecule has 17 heavy (non-hydrogen) atoms. The Hall–Kier alpha value is -0.620. The van der Waals surface area contributed by atoms with E-state index in [1.54, 1.807) is 6.92 Å². The molecule has 2 N–H and O–H groups in total. The lowest BCUT2D eigenvalue weighted by molar-refractivity contribution is -0.137. The van der Waals surface area contributed by atoms with Crippen LogP contribution in [-0.4, -0.2) is 31.8 Å². The van der Waals surface area contributed by atoms with Crippen LogP contribution in [0.1, 0.15) is 40.0 Å². The standard InChI is InChI=1S/C11H23NO4S/c1-4-17(15,16)12-8-7-10(9(2)3)5-6-11(13)14/h9-10,12H,4-8H2,1-3H3,(H,13,14). The van der Waals surface area contributed by atoms with Crippen molar-refractivity contribution in [2.24, 2.45) is 11.8 Å². The maximum absolute atomic E-state index is 11.2. The van der Waals surface area contributed by atoms with Gasteiger partial charge in [-0.05, 0) is 31.6 Å². The Bertz CT molecular complexity index is 324. The first-order valence-corrected chi connectivity index (χ1v) is 7.62. The summed E-state index contributed by atoms with van der Waals surface area (Å²) in [4.78, 5) is 10.5. The number of hydrogen-bond acceptors (Lipinski definition) is 3. The minimum absolute atomic E-state index is 0.0778. The Morgan fingerprint density at radius 1 is 1.29 bits per heavy atom. The van der Waals surface area contributed by atoms with Gasteiger partial charge in [0.15, 0.2) is 0 Å². The molecule has 0 aromatic heterocycles. The predicted molar refractivity (Wildman–Crippen MR) is 67.3 cm³/mol. The SMILES string of the molecule is CCS(=O)(=O)NCCC(CCC(=O)O)C(C)C. The zero-order valence-electron chi connectivity index (χ0n) is 10.8. The third kappa shape index (κ3) is 8.15. The zero-order chi connectivity index (χ0) is 13.5.